The highest BCUT2D eigenvalue weighted by Crippen LogP contribution is 2.33. The molecule has 0 unspecified atom stereocenters. The smallest absolute Gasteiger partial charge is 0.123 e. The Morgan fingerprint density at radius 3 is 2.57 bits per heavy atom. The molecule has 0 atom stereocenters. The van der Waals surface area contributed by atoms with Gasteiger partial charge in [0.15, 0.2) is 0 Å². The number of halogens is 1. The first-order chi connectivity index (χ1) is 9.89. The molecule has 1 aromatic rings. The SMILES string of the molecule is CCCN(CC1CC1)c1ccc(F)cc1CNC(C)(C)C. The molecule has 0 spiro atoms. The molecule has 0 bridgehead atoms. The number of rotatable bonds is 7. The molecular weight excluding hydrogens is 263 g/mol. The van der Waals surface area contributed by atoms with Gasteiger partial charge < -0.3 is 10.2 Å². The Hall–Kier alpha value is -1.09. The first-order valence-corrected chi connectivity index (χ1v) is 8.17. The largest absolute Gasteiger partial charge is 0.371 e. The van der Waals surface area contributed by atoms with Crippen molar-refractivity contribution < 1.29 is 4.39 Å². The van der Waals surface area contributed by atoms with Crippen molar-refractivity contribution in [2.45, 2.75) is 59.0 Å². The topological polar surface area (TPSA) is 15.3 Å². The van der Waals surface area contributed by atoms with Gasteiger partial charge in [0, 0.05) is 30.9 Å². The van der Waals surface area contributed by atoms with Crippen molar-refractivity contribution in [1.29, 1.82) is 0 Å². The van der Waals surface area contributed by atoms with Gasteiger partial charge in [-0.1, -0.05) is 6.92 Å². The molecule has 1 aliphatic rings. The van der Waals surface area contributed by atoms with Crippen LogP contribution >= 0.6 is 0 Å². The molecule has 0 saturated heterocycles. The molecule has 3 heteroatoms. The Morgan fingerprint density at radius 2 is 2.00 bits per heavy atom. The van der Waals surface area contributed by atoms with Gasteiger partial charge in [-0.2, -0.15) is 0 Å². The standard InChI is InChI=1S/C18H29FN2/c1-5-10-21(13-14-6-7-14)17-9-8-16(19)11-15(17)12-20-18(2,3)4/h8-9,11,14,20H,5-7,10,12-13H2,1-4H3. The Balaban J connectivity index is 2.18. The van der Waals surface area contributed by atoms with E-state index in [1.807, 2.05) is 6.07 Å². The zero-order chi connectivity index (χ0) is 15.5. The Morgan fingerprint density at radius 1 is 1.29 bits per heavy atom. The molecule has 0 heterocycles. The monoisotopic (exact) mass is 292 g/mol. The van der Waals surface area contributed by atoms with E-state index in [0.717, 1.165) is 31.0 Å². The molecular formula is C18H29FN2. The molecule has 2 rings (SSSR count). The van der Waals surface area contributed by atoms with Crippen molar-refractivity contribution in [3.05, 3.63) is 29.6 Å². The maximum Gasteiger partial charge on any atom is 0.123 e. The number of benzene rings is 1. The van der Waals surface area contributed by atoms with Gasteiger partial charge in [-0.25, -0.2) is 4.39 Å². The molecule has 0 radical (unpaired) electrons. The average Bonchev–Trinajstić information content (AvgIpc) is 3.19. The Kier molecular flexibility index (Phi) is 5.26. The normalized spacial score (nSPS) is 15.3. The van der Waals surface area contributed by atoms with Crippen molar-refractivity contribution >= 4 is 5.69 Å². The van der Waals surface area contributed by atoms with E-state index in [4.69, 9.17) is 0 Å². The highest BCUT2D eigenvalue weighted by atomic mass is 19.1. The average molecular weight is 292 g/mol. The van der Waals surface area contributed by atoms with E-state index in [-0.39, 0.29) is 11.4 Å². The Labute approximate surface area is 128 Å². The zero-order valence-corrected chi connectivity index (χ0v) is 13.9. The third-order valence-electron chi connectivity index (χ3n) is 3.86. The molecule has 21 heavy (non-hydrogen) atoms. The number of nitrogens with zero attached hydrogens (tertiary/aromatic N) is 1. The molecule has 2 nitrogen and oxygen atoms in total. The van der Waals surface area contributed by atoms with E-state index in [2.05, 4.69) is 37.9 Å². The van der Waals surface area contributed by atoms with Crippen LogP contribution in [0.1, 0.15) is 52.5 Å². The lowest BCUT2D eigenvalue weighted by Crippen LogP contribution is -2.36. The van der Waals surface area contributed by atoms with Gasteiger partial charge in [-0.15, -0.1) is 0 Å². The van der Waals surface area contributed by atoms with Crippen molar-refractivity contribution in [2.24, 2.45) is 5.92 Å². The molecule has 1 saturated carbocycles. The summed E-state index contributed by atoms with van der Waals surface area (Å²) < 4.78 is 13.6. The molecule has 118 valence electrons. The summed E-state index contributed by atoms with van der Waals surface area (Å²) in [5, 5.41) is 3.48. The minimum atomic E-state index is -0.146. The summed E-state index contributed by atoms with van der Waals surface area (Å²) in [6.45, 7) is 11.5. The van der Waals surface area contributed by atoms with Crippen LogP contribution in [0.3, 0.4) is 0 Å². The van der Waals surface area contributed by atoms with Crippen LogP contribution in [0.4, 0.5) is 10.1 Å². The number of anilines is 1. The molecule has 1 aliphatic carbocycles. The summed E-state index contributed by atoms with van der Waals surface area (Å²) >= 11 is 0. The highest BCUT2D eigenvalue weighted by Gasteiger charge is 2.25. The highest BCUT2D eigenvalue weighted by molar-refractivity contribution is 5.54. The fourth-order valence-corrected chi connectivity index (χ4v) is 2.56. The lowest BCUT2D eigenvalue weighted by atomic mass is 10.1. The van der Waals surface area contributed by atoms with Gasteiger partial charge in [0.2, 0.25) is 0 Å². The predicted molar refractivity (Wildman–Crippen MR) is 88.2 cm³/mol. The zero-order valence-electron chi connectivity index (χ0n) is 13.9. The van der Waals surface area contributed by atoms with Crippen LogP contribution in [0.5, 0.6) is 0 Å². The van der Waals surface area contributed by atoms with E-state index in [1.165, 1.54) is 18.5 Å². The molecule has 1 fully saturated rings. The van der Waals surface area contributed by atoms with Gasteiger partial charge in [0.05, 0.1) is 0 Å². The summed E-state index contributed by atoms with van der Waals surface area (Å²) in [6.07, 6.45) is 3.81. The van der Waals surface area contributed by atoms with Gasteiger partial charge in [0.25, 0.3) is 0 Å². The van der Waals surface area contributed by atoms with Crippen LogP contribution in [0.25, 0.3) is 0 Å². The van der Waals surface area contributed by atoms with Gasteiger partial charge >= 0.3 is 0 Å². The second kappa shape index (κ2) is 6.78. The summed E-state index contributed by atoms with van der Waals surface area (Å²) in [7, 11) is 0. The second-order valence-electron chi connectivity index (χ2n) is 7.27. The van der Waals surface area contributed by atoms with E-state index >= 15 is 0 Å². The summed E-state index contributed by atoms with van der Waals surface area (Å²) in [6, 6.07) is 5.22. The first-order valence-electron chi connectivity index (χ1n) is 8.17. The maximum atomic E-state index is 13.6. The van der Waals surface area contributed by atoms with Crippen molar-refractivity contribution in [1.82, 2.24) is 5.32 Å². The van der Waals surface area contributed by atoms with E-state index in [1.54, 1.807) is 12.1 Å². The molecule has 0 aromatic heterocycles. The van der Waals surface area contributed by atoms with E-state index in [9.17, 15) is 4.39 Å². The van der Waals surface area contributed by atoms with Crippen molar-refractivity contribution in [3.63, 3.8) is 0 Å². The van der Waals surface area contributed by atoms with Crippen LogP contribution in [0, 0.1) is 11.7 Å². The Bertz CT molecular complexity index is 461. The number of hydrogen-bond acceptors (Lipinski definition) is 2. The minimum Gasteiger partial charge on any atom is -0.371 e. The van der Waals surface area contributed by atoms with Crippen molar-refractivity contribution in [2.75, 3.05) is 18.0 Å². The molecule has 1 aromatic carbocycles. The summed E-state index contributed by atoms with van der Waals surface area (Å²) in [5.41, 5.74) is 2.30. The van der Waals surface area contributed by atoms with Crippen LogP contribution in [0.2, 0.25) is 0 Å². The fourth-order valence-electron chi connectivity index (χ4n) is 2.56. The van der Waals surface area contributed by atoms with Crippen molar-refractivity contribution in [3.8, 4) is 0 Å². The van der Waals surface area contributed by atoms with E-state index < -0.39 is 0 Å². The van der Waals surface area contributed by atoms with Crippen LogP contribution in [0.15, 0.2) is 18.2 Å². The molecule has 0 amide bonds. The first kappa shape index (κ1) is 16.3. The summed E-state index contributed by atoms with van der Waals surface area (Å²) in [5.74, 6) is 0.692. The van der Waals surface area contributed by atoms with E-state index in [0.29, 0.717) is 6.54 Å². The number of nitrogens with one attached hydrogen (secondary N) is 1. The summed E-state index contributed by atoms with van der Waals surface area (Å²) in [4.78, 5) is 2.44. The van der Waals surface area contributed by atoms with Crippen LogP contribution < -0.4 is 10.2 Å². The predicted octanol–water partition coefficient (Wildman–Crippen LogP) is 4.34. The second-order valence-corrected chi connectivity index (χ2v) is 7.27. The maximum absolute atomic E-state index is 13.6. The lowest BCUT2D eigenvalue weighted by molar-refractivity contribution is 0.423. The quantitative estimate of drug-likeness (QED) is 0.804. The fraction of sp³-hybridized carbons (Fsp3) is 0.667. The van der Waals surface area contributed by atoms with Crippen LogP contribution in [-0.4, -0.2) is 18.6 Å². The lowest BCUT2D eigenvalue weighted by Gasteiger charge is -2.28. The van der Waals surface area contributed by atoms with Gasteiger partial charge in [-0.05, 0) is 69.7 Å². The van der Waals surface area contributed by atoms with Crippen LogP contribution in [-0.2, 0) is 6.54 Å². The third kappa shape index (κ3) is 5.31. The molecule has 1 N–H and O–H groups in total. The van der Waals surface area contributed by atoms with Gasteiger partial charge in [-0.3, -0.25) is 0 Å². The van der Waals surface area contributed by atoms with Gasteiger partial charge in [0.1, 0.15) is 5.82 Å². The molecule has 0 aliphatic heterocycles. The third-order valence-corrected chi connectivity index (χ3v) is 3.86. The minimum absolute atomic E-state index is 0.0374. The number of hydrogen-bond donors (Lipinski definition) is 1.